The number of nitrogens with one attached hydrogen (secondary N) is 1. The topological polar surface area (TPSA) is 38.3 Å². The third-order valence-electron chi connectivity index (χ3n) is 4.22. The average molecular weight is 343 g/mol. The lowest BCUT2D eigenvalue weighted by Gasteiger charge is -2.25. The van der Waals surface area contributed by atoms with Crippen molar-refractivity contribution in [2.45, 2.75) is 31.9 Å². The number of alkyl halides is 2. The van der Waals surface area contributed by atoms with Gasteiger partial charge in [0.05, 0.1) is 6.04 Å². The highest BCUT2D eigenvalue weighted by atomic mass is 19.3. The highest BCUT2D eigenvalue weighted by Crippen LogP contribution is 2.29. The van der Waals surface area contributed by atoms with Crippen LogP contribution >= 0.6 is 0 Å². The number of amides is 1. The number of hydrogen-bond donors (Lipinski definition) is 1. The summed E-state index contributed by atoms with van der Waals surface area (Å²) in [6, 6.07) is 14.3. The number of benzene rings is 2. The molecule has 1 N–H and O–H groups in total. The first-order valence-corrected chi connectivity index (χ1v) is 8.23. The number of halogens is 2. The monoisotopic (exact) mass is 343 g/mol. The molecule has 3 nitrogen and oxygen atoms in total. The summed E-state index contributed by atoms with van der Waals surface area (Å²) in [6.07, 6.45) is 6.13. The molecule has 1 aliphatic carbocycles. The molecule has 130 valence electrons. The molecule has 1 amide bonds. The molecule has 0 fully saturated rings. The first kappa shape index (κ1) is 17.1. The van der Waals surface area contributed by atoms with Gasteiger partial charge in [-0.2, -0.15) is 8.78 Å². The first-order chi connectivity index (χ1) is 12.1. The second kappa shape index (κ2) is 7.92. The number of ether oxygens (including phenoxy) is 1. The van der Waals surface area contributed by atoms with Gasteiger partial charge < -0.3 is 10.1 Å². The Labute approximate surface area is 145 Å². The lowest BCUT2D eigenvalue weighted by Crippen LogP contribution is -2.29. The van der Waals surface area contributed by atoms with Crippen molar-refractivity contribution in [1.82, 2.24) is 5.32 Å². The molecule has 2 aromatic rings. The van der Waals surface area contributed by atoms with E-state index in [4.69, 9.17) is 0 Å². The van der Waals surface area contributed by atoms with E-state index >= 15 is 0 Å². The maximum atomic E-state index is 12.2. The summed E-state index contributed by atoms with van der Waals surface area (Å²) in [5.41, 5.74) is 3.21. The molecule has 0 unspecified atom stereocenters. The van der Waals surface area contributed by atoms with Crippen molar-refractivity contribution >= 4 is 12.0 Å². The minimum atomic E-state index is -2.84. The Morgan fingerprint density at radius 3 is 2.68 bits per heavy atom. The highest BCUT2D eigenvalue weighted by molar-refractivity contribution is 5.92. The lowest BCUT2D eigenvalue weighted by atomic mass is 9.88. The summed E-state index contributed by atoms with van der Waals surface area (Å²) in [4.78, 5) is 12.2. The molecule has 0 saturated heterocycles. The molecule has 5 heteroatoms. The molecule has 1 atom stereocenters. The summed E-state index contributed by atoms with van der Waals surface area (Å²) in [5.74, 6) is -0.0787. The van der Waals surface area contributed by atoms with E-state index in [-0.39, 0.29) is 17.7 Å². The van der Waals surface area contributed by atoms with Crippen LogP contribution < -0.4 is 10.1 Å². The molecule has 2 aromatic carbocycles. The summed E-state index contributed by atoms with van der Waals surface area (Å²) in [6.45, 7) is -2.84. The maximum Gasteiger partial charge on any atom is 0.387 e. The van der Waals surface area contributed by atoms with Gasteiger partial charge in [-0.3, -0.25) is 4.79 Å². The van der Waals surface area contributed by atoms with Gasteiger partial charge in [-0.05, 0) is 54.2 Å². The summed E-state index contributed by atoms with van der Waals surface area (Å²) < 4.78 is 28.5. The Morgan fingerprint density at radius 1 is 1.16 bits per heavy atom. The van der Waals surface area contributed by atoms with Crippen molar-refractivity contribution < 1.29 is 18.3 Å². The third-order valence-corrected chi connectivity index (χ3v) is 4.22. The number of carbonyl (C=O) groups excluding carboxylic acids is 1. The van der Waals surface area contributed by atoms with Gasteiger partial charge >= 0.3 is 6.61 Å². The Morgan fingerprint density at radius 2 is 1.92 bits per heavy atom. The smallest absolute Gasteiger partial charge is 0.387 e. The minimum Gasteiger partial charge on any atom is -0.435 e. The van der Waals surface area contributed by atoms with Crippen molar-refractivity contribution in [2.75, 3.05) is 0 Å². The normalized spacial score (nSPS) is 16.7. The van der Waals surface area contributed by atoms with E-state index in [1.54, 1.807) is 18.2 Å². The SMILES string of the molecule is O=C(/C=C/c1ccc(OC(F)F)cc1)N[C@H]1CCCc2ccccc21. The molecule has 0 saturated carbocycles. The zero-order valence-corrected chi connectivity index (χ0v) is 13.6. The molecule has 0 aliphatic heterocycles. The van der Waals surface area contributed by atoms with Gasteiger partial charge in [0.15, 0.2) is 0 Å². The molecule has 0 aromatic heterocycles. The van der Waals surface area contributed by atoms with E-state index < -0.39 is 6.61 Å². The zero-order chi connectivity index (χ0) is 17.6. The first-order valence-electron chi connectivity index (χ1n) is 8.23. The van der Waals surface area contributed by atoms with E-state index in [1.165, 1.54) is 29.3 Å². The van der Waals surface area contributed by atoms with Crippen LogP contribution in [0.3, 0.4) is 0 Å². The van der Waals surface area contributed by atoms with Crippen molar-refractivity contribution in [3.63, 3.8) is 0 Å². The van der Waals surface area contributed by atoms with Crippen LogP contribution in [0.4, 0.5) is 8.78 Å². The zero-order valence-electron chi connectivity index (χ0n) is 13.6. The van der Waals surface area contributed by atoms with E-state index in [0.717, 1.165) is 24.8 Å². The summed E-state index contributed by atoms with van der Waals surface area (Å²) >= 11 is 0. The van der Waals surface area contributed by atoms with Crippen LogP contribution in [0.15, 0.2) is 54.6 Å². The van der Waals surface area contributed by atoms with Gasteiger partial charge in [-0.1, -0.05) is 36.4 Å². The van der Waals surface area contributed by atoms with Gasteiger partial charge in [0.25, 0.3) is 0 Å². The molecule has 1 aliphatic rings. The summed E-state index contributed by atoms with van der Waals surface area (Å²) in [5, 5.41) is 3.03. The van der Waals surface area contributed by atoms with Crippen LogP contribution in [0.2, 0.25) is 0 Å². The Bertz CT molecular complexity index is 757. The molecular formula is C20H19F2NO2. The molecule has 0 heterocycles. The van der Waals surface area contributed by atoms with Crippen LogP contribution in [-0.2, 0) is 11.2 Å². The van der Waals surface area contributed by atoms with Gasteiger partial charge in [0.1, 0.15) is 5.75 Å². The average Bonchev–Trinajstić information content (AvgIpc) is 2.61. The fraction of sp³-hybridized carbons (Fsp3) is 0.250. The Hall–Kier alpha value is -2.69. The number of carbonyl (C=O) groups is 1. The number of hydrogen-bond acceptors (Lipinski definition) is 2. The predicted molar refractivity (Wildman–Crippen MR) is 92.4 cm³/mol. The quantitative estimate of drug-likeness (QED) is 0.812. The number of rotatable bonds is 5. The standard InChI is InChI=1S/C20H19F2NO2/c21-20(22)25-16-11-8-14(9-12-16)10-13-19(24)23-18-7-3-5-15-4-1-2-6-17(15)18/h1-2,4,6,8-13,18,20H,3,5,7H2,(H,23,24)/b13-10+/t18-/m0/s1. The van der Waals surface area contributed by atoms with Crippen molar-refractivity contribution in [2.24, 2.45) is 0 Å². The molecule has 3 rings (SSSR count). The predicted octanol–water partition coefficient (Wildman–Crippen LogP) is 4.50. The van der Waals surface area contributed by atoms with Crippen molar-refractivity contribution in [3.05, 3.63) is 71.3 Å². The number of aryl methyl sites for hydroxylation is 1. The second-order valence-electron chi connectivity index (χ2n) is 5.93. The van der Waals surface area contributed by atoms with Crippen LogP contribution in [0.25, 0.3) is 6.08 Å². The van der Waals surface area contributed by atoms with E-state index in [0.29, 0.717) is 0 Å². The van der Waals surface area contributed by atoms with Crippen molar-refractivity contribution in [1.29, 1.82) is 0 Å². The largest absolute Gasteiger partial charge is 0.435 e. The van der Waals surface area contributed by atoms with Gasteiger partial charge in [0.2, 0.25) is 5.91 Å². The van der Waals surface area contributed by atoms with Gasteiger partial charge in [0, 0.05) is 6.08 Å². The van der Waals surface area contributed by atoms with Crippen LogP contribution in [0.1, 0.15) is 35.6 Å². The van der Waals surface area contributed by atoms with Crippen LogP contribution in [0, 0.1) is 0 Å². The molecule has 0 spiro atoms. The van der Waals surface area contributed by atoms with E-state index in [9.17, 15) is 13.6 Å². The van der Waals surface area contributed by atoms with Gasteiger partial charge in [-0.15, -0.1) is 0 Å². The number of fused-ring (bicyclic) bond motifs is 1. The van der Waals surface area contributed by atoms with Crippen LogP contribution in [0.5, 0.6) is 5.75 Å². The summed E-state index contributed by atoms with van der Waals surface area (Å²) in [7, 11) is 0. The highest BCUT2D eigenvalue weighted by Gasteiger charge is 2.20. The Kier molecular flexibility index (Phi) is 5.43. The molecule has 0 radical (unpaired) electrons. The second-order valence-corrected chi connectivity index (χ2v) is 5.93. The minimum absolute atomic E-state index is 0.0314. The van der Waals surface area contributed by atoms with Gasteiger partial charge in [-0.25, -0.2) is 0 Å². The Balaban J connectivity index is 1.60. The van der Waals surface area contributed by atoms with Crippen molar-refractivity contribution in [3.8, 4) is 5.75 Å². The lowest BCUT2D eigenvalue weighted by molar-refractivity contribution is -0.117. The van der Waals surface area contributed by atoms with Crippen LogP contribution in [-0.4, -0.2) is 12.5 Å². The maximum absolute atomic E-state index is 12.2. The molecular weight excluding hydrogens is 324 g/mol. The fourth-order valence-electron chi connectivity index (χ4n) is 3.06. The third kappa shape index (κ3) is 4.66. The molecule has 0 bridgehead atoms. The van der Waals surface area contributed by atoms with E-state index in [1.807, 2.05) is 12.1 Å². The van der Waals surface area contributed by atoms with E-state index in [2.05, 4.69) is 22.2 Å². The molecule has 25 heavy (non-hydrogen) atoms. The fourth-order valence-corrected chi connectivity index (χ4v) is 3.06.